The zero-order chi connectivity index (χ0) is 27.4. The first-order valence-corrected chi connectivity index (χ1v) is 14.3. The number of amides is 2. The third-order valence-corrected chi connectivity index (χ3v) is 7.97. The molecule has 1 aromatic carbocycles. The van der Waals surface area contributed by atoms with Gasteiger partial charge in [-0.1, -0.05) is 50.3 Å². The molecule has 1 heterocycles. The number of likely N-dealkylation sites (N-methyl/N-ethyl adjacent to an activating group) is 1. The quantitative estimate of drug-likeness (QED) is 0.225. The minimum Gasteiger partial charge on any atom is -0.343 e. The maximum atomic E-state index is 13.3. The van der Waals surface area contributed by atoms with Crippen LogP contribution in [0, 0.1) is 5.92 Å². The number of para-hydroxylation sites is 1. The molecule has 2 aromatic rings. The lowest BCUT2D eigenvalue weighted by Gasteiger charge is -2.34. The molecule has 3 rings (SSSR count). The molecule has 0 saturated heterocycles. The summed E-state index contributed by atoms with van der Waals surface area (Å²) >= 11 is 0. The van der Waals surface area contributed by atoms with Gasteiger partial charge in [-0.25, -0.2) is 0 Å². The average molecular weight is 527 g/mol. The van der Waals surface area contributed by atoms with Crippen molar-refractivity contribution in [3.63, 3.8) is 0 Å². The average Bonchev–Trinajstić information content (AvgIpc) is 2.91. The Morgan fingerprint density at radius 2 is 1.74 bits per heavy atom. The molecule has 0 unspecified atom stereocenters. The van der Waals surface area contributed by atoms with Gasteiger partial charge in [0.05, 0.1) is 50.1 Å². The molecule has 1 fully saturated rings. The van der Waals surface area contributed by atoms with Crippen LogP contribution in [0.3, 0.4) is 0 Å². The van der Waals surface area contributed by atoms with Crippen LogP contribution in [-0.4, -0.2) is 73.1 Å². The van der Waals surface area contributed by atoms with Crippen molar-refractivity contribution < 1.29 is 14.1 Å². The normalized spacial score (nSPS) is 16.2. The maximum Gasteiger partial charge on any atom is 0.246 e. The van der Waals surface area contributed by atoms with Crippen LogP contribution in [0.25, 0.3) is 10.9 Å². The first kappa shape index (κ1) is 30.0. The third-order valence-electron chi connectivity index (χ3n) is 7.97. The van der Waals surface area contributed by atoms with Crippen molar-refractivity contribution in [2.75, 3.05) is 45.1 Å². The van der Waals surface area contributed by atoms with E-state index in [9.17, 15) is 9.59 Å². The van der Waals surface area contributed by atoms with Gasteiger partial charge in [-0.05, 0) is 43.7 Å². The smallest absolute Gasteiger partial charge is 0.246 e. The monoisotopic (exact) mass is 526 g/mol. The van der Waals surface area contributed by atoms with E-state index in [1.807, 2.05) is 30.3 Å². The number of pyridine rings is 1. The highest BCUT2D eigenvalue weighted by molar-refractivity contribution is 5.98. The summed E-state index contributed by atoms with van der Waals surface area (Å²) in [6.45, 7) is 3.72. The summed E-state index contributed by atoms with van der Waals surface area (Å²) in [5, 5.41) is 6.89. The van der Waals surface area contributed by atoms with Crippen LogP contribution in [0.15, 0.2) is 36.5 Å². The van der Waals surface area contributed by atoms with Crippen molar-refractivity contribution >= 4 is 28.4 Å². The van der Waals surface area contributed by atoms with Crippen molar-refractivity contribution in [2.24, 2.45) is 23.1 Å². The second kappa shape index (κ2) is 15.1. The molecule has 0 bridgehead atoms. The van der Waals surface area contributed by atoms with Gasteiger partial charge in [-0.15, -0.1) is 0 Å². The molecule has 8 N–H and O–H groups in total. The van der Waals surface area contributed by atoms with Crippen molar-refractivity contribution in [3.8, 4) is 0 Å². The molecule has 1 aliphatic rings. The summed E-state index contributed by atoms with van der Waals surface area (Å²) in [4.78, 5) is 30.9. The molecule has 1 saturated carbocycles. The Morgan fingerprint density at radius 3 is 2.45 bits per heavy atom. The van der Waals surface area contributed by atoms with Crippen LogP contribution in [0.2, 0.25) is 0 Å². The van der Waals surface area contributed by atoms with Gasteiger partial charge in [0.1, 0.15) is 6.04 Å². The number of anilines is 1. The van der Waals surface area contributed by atoms with Crippen LogP contribution in [0.4, 0.5) is 5.69 Å². The Morgan fingerprint density at radius 1 is 1.03 bits per heavy atom. The molecule has 0 radical (unpaired) electrons. The van der Waals surface area contributed by atoms with Crippen LogP contribution < -0.4 is 27.8 Å². The van der Waals surface area contributed by atoms with E-state index in [1.165, 1.54) is 32.1 Å². The van der Waals surface area contributed by atoms with E-state index >= 15 is 0 Å². The molecule has 9 heteroatoms. The predicted octanol–water partition coefficient (Wildman–Crippen LogP) is 2.49. The van der Waals surface area contributed by atoms with Gasteiger partial charge in [0.15, 0.2) is 0 Å². The van der Waals surface area contributed by atoms with Crippen LogP contribution in [0.5, 0.6) is 0 Å². The molecule has 38 heavy (non-hydrogen) atoms. The Hall–Kier alpha value is -2.59. The van der Waals surface area contributed by atoms with E-state index in [1.54, 1.807) is 6.20 Å². The number of aromatic nitrogens is 1. The first-order valence-electron chi connectivity index (χ1n) is 14.3. The first-order chi connectivity index (χ1) is 18.3. The van der Waals surface area contributed by atoms with Crippen LogP contribution in [0.1, 0.15) is 57.8 Å². The van der Waals surface area contributed by atoms with E-state index < -0.39 is 12.1 Å². The third kappa shape index (κ3) is 9.31. The number of nitrogens with two attached hydrogens (primary N) is 3. The summed E-state index contributed by atoms with van der Waals surface area (Å²) in [6, 6.07) is 8.36. The minimum absolute atomic E-state index is 0.228. The number of quaternary nitrogens is 1. The largest absolute Gasteiger partial charge is 0.343 e. The lowest BCUT2D eigenvalue weighted by Crippen LogP contribution is -2.52. The lowest BCUT2D eigenvalue weighted by atomic mass is 9.85. The van der Waals surface area contributed by atoms with Gasteiger partial charge in [0, 0.05) is 18.5 Å². The lowest BCUT2D eigenvalue weighted by molar-refractivity contribution is -0.907. The fourth-order valence-electron chi connectivity index (χ4n) is 5.58. The van der Waals surface area contributed by atoms with Crippen molar-refractivity contribution in [1.29, 1.82) is 0 Å². The number of hydrogen-bond donors (Lipinski definition) is 5. The van der Waals surface area contributed by atoms with Gasteiger partial charge in [-0.3, -0.25) is 14.6 Å². The summed E-state index contributed by atoms with van der Waals surface area (Å²) in [6.07, 6.45) is 10.7. The fraction of sp³-hybridized carbons (Fsp3) is 0.621. The Kier molecular flexibility index (Phi) is 11.9. The number of nitrogens with zero attached hydrogens (tertiary/aromatic N) is 2. The molecule has 1 aliphatic carbocycles. The standard InChI is InChI=1S/C29H47N7O2/c1-36(18-15-30,19-16-31)17-7-11-25(32)28(37)35-27(14-13-22-8-3-2-4-9-22)29(38)34-24-20-23-10-5-6-12-26(23)33-21-24/h5-6,10,12,20-22,25,27H,2-4,7-9,11,13-19,30-32H2,1H3,(H-,34,35,37,38)/p+1/t25-,27-/m0/s1. The van der Waals surface area contributed by atoms with E-state index in [4.69, 9.17) is 17.2 Å². The highest BCUT2D eigenvalue weighted by atomic mass is 16.2. The summed E-state index contributed by atoms with van der Waals surface area (Å²) < 4.78 is 0.771. The molecule has 2 atom stereocenters. The summed E-state index contributed by atoms with van der Waals surface area (Å²) in [5.74, 6) is 0.0957. The molecule has 0 aliphatic heterocycles. The van der Waals surface area contributed by atoms with E-state index in [2.05, 4.69) is 22.7 Å². The van der Waals surface area contributed by atoms with Gasteiger partial charge in [0.2, 0.25) is 11.8 Å². The number of nitrogens with one attached hydrogen (secondary N) is 2. The van der Waals surface area contributed by atoms with Crippen molar-refractivity contribution in [1.82, 2.24) is 10.3 Å². The highest BCUT2D eigenvalue weighted by Crippen LogP contribution is 2.28. The van der Waals surface area contributed by atoms with Crippen LogP contribution in [-0.2, 0) is 9.59 Å². The minimum atomic E-state index is -0.675. The van der Waals surface area contributed by atoms with E-state index in [0.29, 0.717) is 37.5 Å². The number of hydrogen-bond acceptors (Lipinski definition) is 6. The molecule has 2 amide bonds. The topological polar surface area (TPSA) is 149 Å². The van der Waals surface area contributed by atoms with E-state index in [0.717, 1.165) is 47.9 Å². The predicted molar refractivity (Wildman–Crippen MR) is 154 cm³/mol. The Labute approximate surface area is 227 Å². The highest BCUT2D eigenvalue weighted by Gasteiger charge is 2.27. The van der Waals surface area contributed by atoms with Crippen molar-refractivity contribution in [3.05, 3.63) is 36.5 Å². The second-order valence-electron chi connectivity index (χ2n) is 11.2. The molecule has 1 aromatic heterocycles. The molecular weight excluding hydrogens is 478 g/mol. The van der Waals surface area contributed by atoms with E-state index in [-0.39, 0.29) is 11.8 Å². The molecule has 9 nitrogen and oxygen atoms in total. The van der Waals surface area contributed by atoms with Gasteiger partial charge >= 0.3 is 0 Å². The zero-order valence-electron chi connectivity index (χ0n) is 23.0. The van der Waals surface area contributed by atoms with Crippen molar-refractivity contribution in [2.45, 2.75) is 69.9 Å². The molecular formula is C29H48N7O2+. The summed E-state index contributed by atoms with van der Waals surface area (Å²) in [7, 11) is 2.14. The number of fused-ring (bicyclic) bond motifs is 1. The fourth-order valence-corrected chi connectivity index (χ4v) is 5.58. The number of carbonyl (C=O) groups excluding carboxylic acids is 2. The maximum absolute atomic E-state index is 13.3. The zero-order valence-corrected chi connectivity index (χ0v) is 23.0. The second-order valence-corrected chi connectivity index (χ2v) is 11.2. The number of carbonyl (C=O) groups is 2. The Bertz CT molecular complexity index is 1020. The van der Waals surface area contributed by atoms with Gasteiger partial charge in [-0.2, -0.15) is 0 Å². The number of benzene rings is 1. The Balaban J connectivity index is 1.60. The summed E-state index contributed by atoms with van der Waals surface area (Å²) in [5.41, 5.74) is 19.3. The number of rotatable bonds is 15. The van der Waals surface area contributed by atoms with Crippen LogP contribution >= 0.6 is 0 Å². The SMILES string of the molecule is C[N+](CCN)(CCN)CCC[C@H](N)C(=O)N[C@@H](CCC1CCCCC1)C(=O)Nc1cnc2ccccc2c1. The molecule has 0 spiro atoms. The van der Waals surface area contributed by atoms with Gasteiger partial charge < -0.3 is 32.3 Å². The van der Waals surface area contributed by atoms with Gasteiger partial charge in [0.25, 0.3) is 0 Å². The molecule has 210 valence electrons.